The van der Waals surface area contributed by atoms with Gasteiger partial charge in [-0.15, -0.1) is 0 Å². The van der Waals surface area contributed by atoms with E-state index in [4.69, 9.17) is 15.2 Å². The van der Waals surface area contributed by atoms with Crippen molar-refractivity contribution in [2.24, 2.45) is 0 Å². The van der Waals surface area contributed by atoms with E-state index in [1.165, 1.54) is 7.05 Å². The van der Waals surface area contributed by atoms with Gasteiger partial charge >= 0.3 is 12.1 Å². The smallest absolute Gasteiger partial charge is 0.414 e. The number of ether oxygens (including phenoxy) is 2. The van der Waals surface area contributed by atoms with Crippen LogP contribution < -0.4 is 10.6 Å². The molecular weight excluding hydrogens is 348 g/mol. The number of anilines is 2. The summed E-state index contributed by atoms with van der Waals surface area (Å²) in [6, 6.07) is 0.826. The number of nitrogens with zero attached hydrogens (tertiary/aromatic N) is 1. The number of H-pyrrole nitrogens is 1. The van der Waals surface area contributed by atoms with E-state index in [2.05, 4.69) is 4.98 Å². The second-order valence-electron chi connectivity index (χ2n) is 6.62. The summed E-state index contributed by atoms with van der Waals surface area (Å²) in [6.45, 7) is 6.62. The molecule has 1 heterocycles. The lowest BCUT2D eigenvalue weighted by molar-refractivity contribution is 0.0528. The maximum atomic E-state index is 14.4. The van der Waals surface area contributed by atoms with Gasteiger partial charge in [-0.25, -0.2) is 18.4 Å². The molecule has 0 unspecified atom stereocenters. The molecule has 9 heteroatoms. The number of nitrogens with one attached hydrogen (secondary N) is 1. The number of benzene rings is 1. The number of aromatic amines is 1. The molecule has 0 atom stereocenters. The van der Waals surface area contributed by atoms with E-state index in [0.29, 0.717) is 0 Å². The highest BCUT2D eigenvalue weighted by Gasteiger charge is 2.29. The van der Waals surface area contributed by atoms with Gasteiger partial charge in [-0.05, 0) is 27.7 Å². The van der Waals surface area contributed by atoms with Crippen molar-refractivity contribution in [1.82, 2.24) is 4.98 Å². The summed E-state index contributed by atoms with van der Waals surface area (Å²) in [5.74, 6) is -3.60. The number of esters is 1. The standard InChI is InChI=1S/C17H21F2N3O4/c1-6-25-15(23)11-10-12(19)8(18)7-9(13(10)21-14(11)20)22(5)16(24)26-17(2,3)4/h7,21H,6,20H2,1-5H3. The zero-order valence-corrected chi connectivity index (χ0v) is 15.2. The zero-order chi connectivity index (χ0) is 19.8. The molecule has 142 valence electrons. The highest BCUT2D eigenvalue weighted by Crippen LogP contribution is 2.36. The first-order chi connectivity index (χ1) is 12.0. The molecule has 1 aromatic carbocycles. The fraction of sp³-hybridized carbons (Fsp3) is 0.412. The number of halogens is 2. The van der Waals surface area contributed by atoms with Crippen LogP contribution in [-0.4, -0.2) is 36.3 Å². The van der Waals surface area contributed by atoms with Crippen LogP contribution in [0.2, 0.25) is 0 Å². The number of fused-ring (bicyclic) bond motifs is 1. The number of hydrogen-bond acceptors (Lipinski definition) is 5. The molecule has 1 aromatic heterocycles. The van der Waals surface area contributed by atoms with Gasteiger partial charge in [0.1, 0.15) is 17.0 Å². The van der Waals surface area contributed by atoms with Crippen LogP contribution in [0.1, 0.15) is 38.1 Å². The third-order valence-corrected chi connectivity index (χ3v) is 3.49. The largest absolute Gasteiger partial charge is 0.462 e. The molecule has 7 nitrogen and oxygen atoms in total. The van der Waals surface area contributed by atoms with E-state index in [1.807, 2.05) is 0 Å². The summed E-state index contributed by atoms with van der Waals surface area (Å²) in [5, 5.41) is -0.383. The summed E-state index contributed by atoms with van der Waals surface area (Å²) in [4.78, 5) is 28.0. The molecule has 0 aliphatic rings. The van der Waals surface area contributed by atoms with Crippen molar-refractivity contribution in [1.29, 1.82) is 0 Å². The Morgan fingerprint density at radius 3 is 2.46 bits per heavy atom. The number of nitrogen functional groups attached to an aromatic ring is 1. The number of amides is 1. The molecule has 0 saturated carbocycles. The fourth-order valence-corrected chi connectivity index (χ4v) is 2.41. The first kappa shape index (κ1) is 19.5. The van der Waals surface area contributed by atoms with E-state index in [9.17, 15) is 18.4 Å². The molecule has 0 fully saturated rings. The molecule has 0 aliphatic heterocycles. The van der Waals surface area contributed by atoms with Crippen LogP contribution in [0.25, 0.3) is 10.9 Å². The van der Waals surface area contributed by atoms with Crippen molar-refractivity contribution in [3.05, 3.63) is 23.3 Å². The van der Waals surface area contributed by atoms with Crippen molar-refractivity contribution < 1.29 is 27.8 Å². The van der Waals surface area contributed by atoms with Crippen LogP contribution in [0.5, 0.6) is 0 Å². The van der Waals surface area contributed by atoms with Crippen LogP contribution >= 0.6 is 0 Å². The molecule has 0 saturated heterocycles. The van der Waals surface area contributed by atoms with Gasteiger partial charge in [-0.2, -0.15) is 0 Å². The van der Waals surface area contributed by atoms with Gasteiger partial charge in [0.2, 0.25) is 0 Å². The summed E-state index contributed by atoms with van der Waals surface area (Å²) in [5.41, 5.74) is 4.62. The van der Waals surface area contributed by atoms with Crippen molar-refractivity contribution in [2.45, 2.75) is 33.3 Å². The molecule has 1 amide bonds. The topological polar surface area (TPSA) is 97.6 Å². The van der Waals surface area contributed by atoms with Crippen LogP contribution in [0, 0.1) is 11.6 Å². The first-order valence-corrected chi connectivity index (χ1v) is 7.90. The molecule has 0 aliphatic carbocycles. The highest BCUT2D eigenvalue weighted by molar-refractivity contribution is 6.13. The van der Waals surface area contributed by atoms with Crippen molar-refractivity contribution in [3.8, 4) is 0 Å². The van der Waals surface area contributed by atoms with Crippen LogP contribution in [0.4, 0.5) is 25.1 Å². The maximum Gasteiger partial charge on any atom is 0.414 e. The molecule has 26 heavy (non-hydrogen) atoms. The zero-order valence-electron chi connectivity index (χ0n) is 15.2. The van der Waals surface area contributed by atoms with E-state index in [0.717, 1.165) is 11.0 Å². The normalized spacial score (nSPS) is 11.5. The van der Waals surface area contributed by atoms with Crippen LogP contribution in [-0.2, 0) is 9.47 Å². The summed E-state index contributed by atoms with van der Waals surface area (Å²) < 4.78 is 38.6. The number of aromatic nitrogens is 1. The summed E-state index contributed by atoms with van der Waals surface area (Å²) >= 11 is 0. The lowest BCUT2D eigenvalue weighted by Gasteiger charge is -2.25. The van der Waals surface area contributed by atoms with Gasteiger partial charge in [0, 0.05) is 13.1 Å². The van der Waals surface area contributed by atoms with E-state index in [-0.39, 0.29) is 34.6 Å². The maximum absolute atomic E-state index is 14.4. The van der Waals surface area contributed by atoms with E-state index in [1.54, 1.807) is 27.7 Å². The number of carbonyl (C=O) groups excluding carboxylic acids is 2. The molecule has 0 spiro atoms. The average molecular weight is 369 g/mol. The minimum atomic E-state index is -1.27. The predicted molar refractivity (Wildman–Crippen MR) is 93.2 cm³/mol. The van der Waals surface area contributed by atoms with Gasteiger partial charge in [0.05, 0.1) is 23.2 Å². The average Bonchev–Trinajstić information content (AvgIpc) is 2.86. The molecule has 0 bridgehead atoms. The predicted octanol–water partition coefficient (Wildman–Crippen LogP) is 3.58. The Labute approximate surface area is 149 Å². The number of nitrogens with two attached hydrogens (primary N) is 1. The Kier molecular flexibility index (Phi) is 5.11. The third-order valence-electron chi connectivity index (χ3n) is 3.49. The lowest BCUT2D eigenvalue weighted by atomic mass is 10.1. The van der Waals surface area contributed by atoms with Gasteiger partial charge in [-0.1, -0.05) is 0 Å². The Bertz CT molecular complexity index is 871. The van der Waals surface area contributed by atoms with Crippen LogP contribution in [0.15, 0.2) is 6.07 Å². The molecule has 0 radical (unpaired) electrons. The van der Waals surface area contributed by atoms with E-state index >= 15 is 0 Å². The monoisotopic (exact) mass is 369 g/mol. The second-order valence-corrected chi connectivity index (χ2v) is 6.62. The fourth-order valence-electron chi connectivity index (χ4n) is 2.41. The molecular formula is C17H21F2N3O4. The van der Waals surface area contributed by atoms with Gasteiger partial charge in [0.15, 0.2) is 11.6 Å². The Hall–Kier alpha value is -2.84. The number of carbonyl (C=O) groups is 2. The summed E-state index contributed by atoms with van der Waals surface area (Å²) in [7, 11) is 1.33. The van der Waals surface area contributed by atoms with Gasteiger partial charge in [0.25, 0.3) is 0 Å². The van der Waals surface area contributed by atoms with Crippen LogP contribution in [0.3, 0.4) is 0 Å². The Morgan fingerprint density at radius 1 is 1.31 bits per heavy atom. The summed E-state index contributed by atoms with van der Waals surface area (Å²) in [6.07, 6.45) is -0.782. The Balaban J connectivity index is 2.66. The second kappa shape index (κ2) is 6.81. The first-order valence-electron chi connectivity index (χ1n) is 7.90. The van der Waals surface area contributed by atoms with Gasteiger partial charge in [-0.3, -0.25) is 4.90 Å². The SMILES string of the molecule is CCOC(=O)c1c(N)[nH]c2c(N(C)C(=O)OC(C)(C)C)cc(F)c(F)c12. The minimum absolute atomic E-state index is 0.0159. The molecule has 2 rings (SSSR count). The number of hydrogen-bond donors (Lipinski definition) is 2. The number of rotatable bonds is 3. The molecule has 2 aromatic rings. The highest BCUT2D eigenvalue weighted by atomic mass is 19.2. The lowest BCUT2D eigenvalue weighted by Crippen LogP contribution is -2.34. The van der Waals surface area contributed by atoms with Gasteiger partial charge < -0.3 is 20.2 Å². The van der Waals surface area contributed by atoms with Crippen molar-refractivity contribution in [3.63, 3.8) is 0 Å². The van der Waals surface area contributed by atoms with Crippen molar-refractivity contribution in [2.75, 3.05) is 24.3 Å². The quantitative estimate of drug-likeness (QED) is 0.806. The van der Waals surface area contributed by atoms with Crippen molar-refractivity contribution >= 4 is 34.5 Å². The third kappa shape index (κ3) is 3.56. The minimum Gasteiger partial charge on any atom is -0.462 e. The molecule has 3 N–H and O–H groups in total. The van der Waals surface area contributed by atoms with E-state index < -0.39 is 29.3 Å². The Morgan fingerprint density at radius 2 is 1.92 bits per heavy atom.